The number of H-pyrrole nitrogens is 1. The van der Waals surface area contributed by atoms with Crippen LogP contribution in [0.25, 0.3) is 0 Å². The molecular weight excluding hydrogens is 210 g/mol. The lowest BCUT2D eigenvalue weighted by Gasteiger charge is -2.07. The fourth-order valence-electron chi connectivity index (χ4n) is 2.60. The van der Waals surface area contributed by atoms with Gasteiger partial charge >= 0.3 is 0 Å². The molecule has 0 radical (unpaired) electrons. The lowest BCUT2D eigenvalue weighted by Crippen LogP contribution is -2.24. The lowest BCUT2D eigenvalue weighted by atomic mass is 10.1. The second kappa shape index (κ2) is 6.20. The summed E-state index contributed by atoms with van der Waals surface area (Å²) in [4.78, 5) is 8.00. The Balaban J connectivity index is 1.74. The first-order valence-corrected chi connectivity index (χ1v) is 7.03. The molecule has 1 aliphatic rings. The molecule has 0 aliphatic heterocycles. The van der Waals surface area contributed by atoms with Crippen molar-refractivity contribution in [3.05, 3.63) is 17.7 Å². The summed E-state index contributed by atoms with van der Waals surface area (Å²) < 4.78 is 0. The van der Waals surface area contributed by atoms with Crippen LogP contribution in [0.4, 0.5) is 0 Å². The summed E-state index contributed by atoms with van der Waals surface area (Å²) in [6, 6.07) is 0.584. The van der Waals surface area contributed by atoms with Crippen molar-refractivity contribution in [2.45, 2.75) is 64.3 Å². The summed E-state index contributed by atoms with van der Waals surface area (Å²) in [5.74, 6) is 1.92. The number of nitrogens with one attached hydrogen (secondary N) is 2. The van der Waals surface area contributed by atoms with Crippen molar-refractivity contribution in [2.75, 3.05) is 6.54 Å². The van der Waals surface area contributed by atoms with Crippen LogP contribution in [-0.4, -0.2) is 22.6 Å². The van der Waals surface area contributed by atoms with E-state index in [1.165, 1.54) is 31.4 Å². The van der Waals surface area contributed by atoms with E-state index in [1.807, 2.05) is 0 Å². The molecule has 0 amide bonds. The van der Waals surface area contributed by atoms with E-state index >= 15 is 0 Å². The monoisotopic (exact) mass is 235 g/mol. The molecule has 1 aromatic rings. The normalized spacial score (nSPS) is 17.1. The Hall–Kier alpha value is -0.830. The van der Waals surface area contributed by atoms with E-state index in [4.69, 9.17) is 0 Å². The quantitative estimate of drug-likeness (QED) is 0.744. The zero-order valence-electron chi connectivity index (χ0n) is 11.1. The molecule has 2 rings (SSSR count). The van der Waals surface area contributed by atoms with Gasteiger partial charge in [0.25, 0.3) is 0 Å². The molecule has 3 nitrogen and oxygen atoms in total. The predicted molar refractivity (Wildman–Crippen MR) is 71.3 cm³/mol. The van der Waals surface area contributed by atoms with E-state index in [1.54, 1.807) is 0 Å². The minimum Gasteiger partial charge on any atom is -0.346 e. The average molecular weight is 235 g/mol. The molecule has 0 spiro atoms. The Morgan fingerprint density at radius 2 is 2.18 bits per heavy atom. The number of nitrogens with zero attached hydrogens (tertiary/aromatic N) is 1. The average Bonchev–Trinajstić information content (AvgIpc) is 2.94. The first-order chi connectivity index (χ1) is 8.25. The fourth-order valence-corrected chi connectivity index (χ4v) is 2.60. The summed E-state index contributed by atoms with van der Waals surface area (Å²) in [5, 5.41) is 3.44. The first kappa shape index (κ1) is 12.6. The highest BCUT2D eigenvalue weighted by molar-refractivity contribution is 5.09. The van der Waals surface area contributed by atoms with Crippen molar-refractivity contribution in [3.8, 4) is 0 Å². The number of aromatic amines is 1. The van der Waals surface area contributed by atoms with Gasteiger partial charge in [-0.25, -0.2) is 4.98 Å². The summed E-state index contributed by atoms with van der Waals surface area (Å²) in [5.41, 5.74) is 1.37. The molecule has 0 atom stereocenters. The highest BCUT2D eigenvalue weighted by atomic mass is 14.9. The number of imidazole rings is 1. The Bertz CT molecular complexity index is 324. The molecule has 1 heterocycles. The van der Waals surface area contributed by atoms with Crippen LogP contribution in [0.2, 0.25) is 0 Å². The number of aryl methyl sites for hydroxylation is 1. The number of aromatic nitrogens is 2. The van der Waals surface area contributed by atoms with Gasteiger partial charge in [0.15, 0.2) is 0 Å². The standard InChI is InChI=1S/C14H25N3/c1-11(2)15-9-5-8-14-16-10-13(17-14)12-6-3-4-7-12/h10-12,15H,3-9H2,1-2H3,(H,16,17). The molecule has 1 aliphatic carbocycles. The van der Waals surface area contributed by atoms with Gasteiger partial charge in [-0.15, -0.1) is 0 Å². The van der Waals surface area contributed by atoms with Crippen molar-refractivity contribution >= 4 is 0 Å². The van der Waals surface area contributed by atoms with Crippen LogP contribution in [-0.2, 0) is 6.42 Å². The minimum atomic E-state index is 0.584. The zero-order chi connectivity index (χ0) is 12.1. The number of rotatable bonds is 6. The van der Waals surface area contributed by atoms with Gasteiger partial charge in [0, 0.05) is 30.3 Å². The fraction of sp³-hybridized carbons (Fsp3) is 0.786. The predicted octanol–water partition coefficient (Wildman–Crippen LogP) is 3.00. The van der Waals surface area contributed by atoms with Crippen molar-refractivity contribution < 1.29 is 0 Å². The van der Waals surface area contributed by atoms with Gasteiger partial charge in [0.05, 0.1) is 0 Å². The Kier molecular flexibility index (Phi) is 4.60. The van der Waals surface area contributed by atoms with E-state index in [0.29, 0.717) is 6.04 Å². The van der Waals surface area contributed by atoms with Gasteiger partial charge in [-0.1, -0.05) is 26.7 Å². The smallest absolute Gasteiger partial charge is 0.106 e. The molecule has 3 heteroatoms. The topological polar surface area (TPSA) is 40.7 Å². The molecule has 17 heavy (non-hydrogen) atoms. The van der Waals surface area contributed by atoms with E-state index in [-0.39, 0.29) is 0 Å². The van der Waals surface area contributed by atoms with E-state index in [9.17, 15) is 0 Å². The molecule has 0 saturated heterocycles. The summed E-state index contributed by atoms with van der Waals surface area (Å²) >= 11 is 0. The molecule has 2 N–H and O–H groups in total. The van der Waals surface area contributed by atoms with Crippen LogP contribution in [0.5, 0.6) is 0 Å². The first-order valence-electron chi connectivity index (χ1n) is 7.03. The Morgan fingerprint density at radius 1 is 1.41 bits per heavy atom. The minimum absolute atomic E-state index is 0.584. The van der Waals surface area contributed by atoms with Gasteiger partial charge in [-0.3, -0.25) is 0 Å². The maximum Gasteiger partial charge on any atom is 0.106 e. The molecule has 0 bridgehead atoms. The second-order valence-electron chi connectivity index (χ2n) is 5.48. The van der Waals surface area contributed by atoms with Crippen LogP contribution in [0.15, 0.2) is 6.20 Å². The third kappa shape index (κ3) is 3.84. The molecule has 0 unspecified atom stereocenters. The molecule has 1 saturated carbocycles. The van der Waals surface area contributed by atoms with Crippen LogP contribution < -0.4 is 5.32 Å². The van der Waals surface area contributed by atoms with Crippen LogP contribution in [0.1, 0.15) is 63.4 Å². The molecule has 1 fully saturated rings. The Labute approximate surface area is 104 Å². The van der Waals surface area contributed by atoms with Gasteiger partial charge < -0.3 is 10.3 Å². The Morgan fingerprint density at radius 3 is 2.88 bits per heavy atom. The number of hydrogen-bond donors (Lipinski definition) is 2. The van der Waals surface area contributed by atoms with E-state index < -0.39 is 0 Å². The van der Waals surface area contributed by atoms with E-state index in [0.717, 1.165) is 31.1 Å². The highest BCUT2D eigenvalue weighted by Crippen LogP contribution is 2.32. The molecule has 1 aromatic heterocycles. The van der Waals surface area contributed by atoms with Crippen molar-refractivity contribution in [1.29, 1.82) is 0 Å². The SMILES string of the molecule is CC(C)NCCCc1ncc(C2CCCC2)[nH]1. The molecule has 0 aromatic carbocycles. The third-order valence-electron chi connectivity index (χ3n) is 3.59. The largest absolute Gasteiger partial charge is 0.346 e. The van der Waals surface area contributed by atoms with E-state index in [2.05, 4.69) is 35.3 Å². The highest BCUT2D eigenvalue weighted by Gasteiger charge is 2.18. The summed E-state index contributed by atoms with van der Waals surface area (Å²) in [7, 11) is 0. The van der Waals surface area contributed by atoms with Crippen molar-refractivity contribution in [1.82, 2.24) is 15.3 Å². The summed E-state index contributed by atoms with van der Waals surface area (Å²) in [6.07, 6.45) is 9.74. The van der Waals surface area contributed by atoms with Gasteiger partial charge in [0.1, 0.15) is 5.82 Å². The van der Waals surface area contributed by atoms with Crippen LogP contribution >= 0.6 is 0 Å². The number of hydrogen-bond acceptors (Lipinski definition) is 2. The second-order valence-corrected chi connectivity index (χ2v) is 5.48. The maximum absolute atomic E-state index is 4.49. The summed E-state index contributed by atoms with van der Waals surface area (Å²) in [6.45, 7) is 5.45. The van der Waals surface area contributed by atoms with Crippen LogP contribution in [0, 0.1) is 0 Å². The van der Waals surface area contributed by atoms with Gasteiger partial charge in [-0.05, 0) is 25.8 Å². The van der Waals surface area contributed by atoms with Gasteiger partial charge in [0.2, 0.25) is 0 Å². The van der Waals surface area contributed by atoms with Gasteiger partial charge in [-0.2, -0.15) is 0 Å². The molecule has 96 valence electrons. The lowest BCUT2D eigenvalue weighted by molar-refractivity contribution is 0.566. The van der Waals surface area contributed by atoms with Crippen LogP contribution in [0.3, 0.4) is 0 Å². The van der Waals surface area contributed by atoms with Crippen molar-refractivity contribution in [3.63, 3.8) is 0 Å². The maximum atomic E-state index is 4.49. The molecular formula is C14H25N3. The zero-order valence-corrected chi connectivity index (χ0v) is 11.1. The van der Waals surface area contributed by atoms with Crippen molar-refractivity contribution in [2.24, 2.45) is 0 Å². The third-order valence-corrected chi connectivity index (χ3v) is 3.59.